The first-order chi connectivity index (χ1) is 6.86. The number of aryl methyl sites for hydroxylation is 1. The SMILES string of the molecule is [CH2-][CH+]Cc1cn(CC)c2ccccc12. The molecule has 1 heterocycles. The number of para-hydroxylation sites is 1. The van der Waals surface area contributed by atoms with Gasteiger partial charge in [-0.05, 0) is 13.0 Å². The van der Waals surface area contributed by atoms with E-state index in [9.17, 15) is 0 Å². The number of hydrogen-bond acceptors (Lipinski definition) is 0. The first kappa shape index (κ1) is 9.20. The van der Waals surface area contributed by atoms with Crippen molar-refractivity contribution in [2.45, 2.75) is 19.9 Å². The van der Waals surface area contributed by atoms with E-state index < -0.39 is 0 Å². The highest BCUT2D eigenvalue weighted by atomic mass is 14.9. The van der Waals surface area contributed by atoms with Gasteiger partial charge in [-0.25, -0.2) is 0 Å². The van der Waals surface area contributed by atoms with E-state index in [0.29, 0.717) is 0 Å². The Hall–Kier alpha value is -1.37. The molecular weight excluding hydrogens is 170 g/mol. The van der Waals surface area contributed by atoms with Crippen LogP contribution in [0.4, 0.5) is 0 Å². The first-order valence-electron chi connectivity index (χ1n) is 5.04. The Labute approximate surface area is 85.4 Å². The van der Waals surface area contributed by atoms with E-state index in [1.54, 1.807) is 0 Å². The second-order valence-corrected chi connectivity index (χ2v) is 3.45. The minimum atomic E-state index is 0.952. The maximum absolute atomic E-state index is 3.79. The van der Waals surface area contributed by atoms with Crippen molar-refractivity contribution in [1.29, 1.82) is 0 Å². The van der Waals surface area contributed by atoms with Crippen LogP contribution in [0.2, 0.25) is 0 Å². The summed E-state index contributed by atoms with van der Waals surface area (Å²) in [7, 11) is 0. The largest absolute Gasteiger partial charge is 0.347 e. The fourth-order valence-corrected chi connectivity index (χ4v) is 1.90. The van der Waals surface area contributed by atoms with Gasteiger partial charge in [-0.15, -0.1) is 6.92 Å². The van der Waals surface area contributed by atoms with Gasteiger partial charge >= 0.3 is 0 Å². The summed E-state index contributed by atoms with van der Waals surface area (Å²) in [5.74, 6) is 0. The summed E-state index contributed by atoms with van der Waals surface area (Å²) in [6.45, 7) is 6.98. The summed E-state index contributed by atoms with van der Waals surface area (Å²) in [5.41, 5.74) is 2.70. The molecule has 1 aromatic heterocycles. The van der Waals surface area contributed by atoms with Gasteiger partial charge in [0.25, 0.3) is 0 Å². The normalized spacial score (nSPS) is 10.7. The maximum atomic E-state index is 3.79. The monoisotopic (exact) mass is 185 g/mol. The zero-order chi connectivity index (χ0) is 9.97. The van der Waals surface area contributed by atoms with Crippen LogP contribution >= 0.6 is 0 Å². The molecule has 0 unspecified atom stereocenters. The highest BCUT2D eigenvalue weighted by molar-refractivity contribution is 5.84. The maximum Gasteiger partial charge on any atom is 0.0841 e. The molecule has 72 valence electrons. The molecule has 2 aromatic rings. The van der Waals surface area contributed by atoms with Gasteiger partial charge in [0, 0.05) is 29.2 Å². The Balaban J connectivity index is 2.61. The molecule has 1 aromatic carbocycles. The van der Waals surface area contributed by atoms with Crippen molar-refractivity contribution in [3.05, 3.63) is 49.4 Å². The van der Waals surface area contributed by atoms with Crippen molar-refractivity contribution in [2.24, 2.45) is 0 Å². The molecule has 0 aliphatic carbocycles. The average Bonchev–Trinajstić information content (AvgIpc) is 2.58. The summed E-state index contributed by atoms with van der Waals surface area (Å²) in [5, 5.41) is 1.36. The number of fused-ring (bicyclic) bond motifs is 1. The second-order valence-electron chi connectivity index (χ2n) is 3.45. The lowest BCUT2D eigenvalue weighted by Gasteiger charge is -1.97. The fourth-order valence-electron chi connectivity index (χ4n) is 1.90. The molecule has 0 atom stereocenters. The van der Waals surface area contributed by atoms with Crippen LogP contribution in [0.25, 0.3) is 10.9 Å². The minimum Gasteiger partial charge on any atom is -0.347 e. The molecule has 2 rings (SSSR count). The lowest BCUT2D eigenvalue weighted by atomic mass is 10.1. The van der Waals surface area contributed by atoms with Crippen molar-refractivity contribution in [3.63, 3.8) is 0 Å². The molecule has 0 saturated carbocycles. The lowest BCUT2D eigenvalue weighted by molar-refractivity contribution is 0.793. The molecule has 0 aliphatic rings. The number of aromatic nitrogens is 1. The Bertz CT molecular complexity index is 426. The minimum absolute atomic E-state index is 0.952. The van der Waals surface area contributed by atoms with E-state index in [1.807, 2.05) is 6.42 Å². The summed E-state index contributed by atoms with van der Waals surface area (Å²) >= 11 is 0. The Morgan fingerprint density at radius 3 is 2.86 bits per heavy atom. The zero-order valence-electron chi connectivity index (χ0n) is 8.53. The fraction of sp³-hybridized carbons (Fsp3) is 0.231. The van der Waals surface area contributed by atoms with Crippen LogP contribution in [0.15, 0.2) is 30.5 Å². The van der Waals surface area contributed by atoms with E-state index in [2.05, 4.69) is 48.9 Å². The van der Waals surface area contributed by atoms with Crippen molar-refractivity contribution in [2.75, 3.05) is 0 Å². The van der Waals surface area contributed by atoms with Crippen molar-refractivity contribution < 1.29 is 0 Å². The molecule has 0 amide bonds. The molecule has 0 N–H and O–H groups in total. The highest BCUT2D eigenvalue weighted by Crippen LogP contribution is 2.21. The van der Waals surface area contributed by atoms with Gasteiger partial charge < -0.3 is 4.57 Å². The Kier molecular flexibility index (Phi) is 2.49. The van der Waals surface area contributed by atoms with Gasteiger partial charge in [0.15, 0.2) is 0 Å². The number of hydrogen-bond donors (Lipinski definition) is 0. The van der Waals surface area contributed by atoms with E-state index in [1.165, 1.54) is 16.5 Å². The highest BCUT2D eigenvalue weighted by Gasteiger charge is 2.06. The first-order valence-corrected chi connectivity index (χ1v) is 5.04. The van der Waals surface area contributed by atoms with Crippen molar-refractivity contribution in [3.8, 4) is 0 Å². The summed E-state index contributed by atoms with van der Waals surface area (Å²) in [6, 6.07) is 8.53. The average molecular weight is 185 g/mol. The van der Waals surface area contributed by atoms with Crippen LogP contribution in [-0.2, 0) is 13.0 Å². The summed E-state index contributed by atoms with van der Waals surface area (Å²) < 4.78 is 2.29. The van der Waals surface area contributed by atoms with Crippen LogP contribution in [0.1, 0.15) is 12.5 Å². The molecule has 0 saturated heterocycles. The topological polar surface area (TPSA) is 4.93 Å². The smallest absolute Gasteiger partial charge is 0.0841 e. The molecule has 0 fully saturated rings. The standard InChI is InChI=1S/C13H15N/c1-3-7-11-10-14(4-2)13-9-6-5-8-12(11)13/h3,5-6,8-10H,1,4,7H2,2H3. The van der Waals surface area contributed by atoms with Crippen LogP contribution in [-0.4, -0.2) is 4.57 Å². The molecule has 0 bridgehead atoms. The molecule has 14 heavy (non-hydrogen) atoms. The third kappa shape index (κ3) is 1.39. The van der Waals surface area contributed by atoms with Gasteiger partial charge in [-0.3, -0.25) is 0 Å². The van der Waals surface area contributed by atoms with Gasteiger partial charge in [0.1, 0.15) is 0 Å². The number of nitrogens with zero attached hydrogens (tertiary/aromatic N) is 1. The Morgan fingerprint density at radius 1 is 1.36 bits per heavy atom. The van der Waals surface area contributed by atoms with Crippen molar-refractivity contribution >= 4 is 10.9 Å². The number of rotatable bonds is 3. The molecule has 1 heteroatoms. The van der Waals surface area contributed by atoms with E-state index in [0.717, 1.165) is 13.0 Å². The Morgan fingerprint density at radius 2 is 2.14 bits per heavy atom. The quantitative estimate of drug-likeness (QED) is 0.647. The van der Waals surface area contributed by atoms with E-state index >= 15 is 0 Å². The van der Waals surface area contributed by atoms with Crippen LogP contribution in [0, 0.1) is 13.3 Å². The van der Waals surface area contributed by atoms with E-state index in [4.69, 9.17) is 0 Å². The predicted octanol–water partition coefficient (Wildman–Crippen LogP) is 3.24. The predicted molar refractivity (Wildman–Crippen MR) is 61.0 cm³/mol. The second kappa shape index (κ2) is 3.79. The van der Waals surface area contributed by atoms with Crippen LogP contribution in [0.5, 0.6) is 0 Å². The lowest BCUT2D eigenvalue weighted by Crippen LogP contribution is -1.89. The van der Waals surface area contributed by atoms with Gasteiger partial charge in [-0.1, -0.05) is 24.6 Å². The van der Waals surface area contributed by atoms with E-state index in [-0.39, 0.29) is 0 Å². The van der Waals surface area contributed by atoms with Gasteiger partial charge in [0.2, 0.25) is 0 Å². The molecule has 0 radical (unpaired) electrons. The molecule has 0 aliphatic heterocycles. The van der Waals surface area contributed by atoms with Crippen molar-refractivity contribution in [1.82, 2.24) is 4.57 Å². The molecular formula is C13H15N. The van der Waals surface area contributed by atoms with Crippen LogP contribution in [0.3, 0.4) is 0 Å². The third-order valence-electron chi connectivity index (χ3n) is 2.58. The van der Waals surface area contributed by atoms with Gasteiger partial charge in [0.05, 0.1) is 6.42 Å². The van der Waals surface area contributed by atoms with Crippen LogP contribution < -0.4 is 0 Å². The summed E-state index contributed by atoms with van der Waals surface area (Å²) in [6.07, 6.45) is 5.14. The van der Waals surface area contributed by atoms with Gasteiger partial charge in [-0.2, -0.15) is 0 Å². The molecule has 0 spiro atoms. The zero-order valence-corrected chi connectivity index (χ0v) is 8.53. The summed E-state index contributed by atoms with van der Waals surface area (Å²) in [4.78, 5) is 0. The molecule has 1 nitrogen and oxygen atoms in total. The number of benzene rings is 1. The third-order valence-corrected chi connectivity index (χ3v) is 2.58.